The van der Waals surface area contributed by atoms with Crippen LogP contribution in [0, 0.1) is 11.8 Å². The van der Waals surface area contributed by atoms with Crippen LogP contribution in [0.4, 0.5) is 0 Å². The molecule has 44 heavy (non-hydrogen) atoms. The molecule has 0 aliphatic heterocycles. The minimum absolute atomic E-state index is 0.0600. The quantitative estimate of drug-likeness (QED) is 0.158. The molecule has 5 aromatic rings. The maximum Gasteiger partial charge on any atom is 0.219 e. The van der Waals surface area contributed by atoms with Crippen LogP contribution in [0.25, 0.3) is 16.9 Å². The van der Waals surface area contributed by atoms with E-state index in [0.717, 1.165) is 34.4 Å². The van der Waals surface area contributed by atoms with Crippen molar-refractivity contribution < 1.29 is 20.4 Å². The fourth-order valence-electron chi connectivity index (χ4n) is 5.77. The van der Waals surface area contributed by atoms with Crippen LogP contribution in [0.3, 0.4) is 0 Å². The Morgan fingerprint density at radius 1 is 0.773 bits per heavy atom. The molecule has 2 heterocycles. The number of nitrogens with zero attached hydrogens (tertiary/aromatic N) is 3. The second-order valence-electron chi connectivity index (χ2n) is 11.5. The molecule has 0 radical (unpaired) electrons. The first-order valence-electron chi connectivity index (χ1n) is 14.8. The molecule has 2 aromatic heterocycles. The maximum absolute atomic E-state index is 11.0. The molecule has 4 N–H and O–H groups in total. The summed E-state index contributed by atoms with van der Waals surface area (Å²) in [6, 6.07) is 23.7. The predicted molar refractivity (Wildman–Crippen MR) is 172 cm³/mol. The zero-order valence-electron chi connectivity index (χ0n) is 24.7. The molecule has 7 rings (SSSR count). The topological polar surface area (TPSA) is 111 Å². The molecule has 0 spiro atoms. The number of aliphatic hydroxyl groups excluding tert-OH is 1. The number of rotatable bonds is 5. The van der Waals surface area contributed by atoms with Crippen LogP contribution in [-0.4, -0.2) is 34.8 Å². The lowest BCUT2D eigenvalue weighted by Gasteiger charge is -2.21. The van der Waals surface area contributed by atoms with E-state index in [9.17, 15) is 20.4 Å². The van der Waals surface area contributed by atoms with E-state index in [1.807, 2.05) is 49.4 Å². The molecule has 1 unspecified atom stereocenters. The summed E-state index contributed by atoms with van der Waals surface area (Å²) in [4.78, 5) is 9.58. The van der Waals surface area contributed by atoms with Gasteiger partial charge in [-0.1, -0.05) is 73.2 Å². The van der Waals surface area contributed by atoms with Crippen molar-refractivity contribution in [3.05, 3.63) is 143 Å². The Morgan fingerprint density at radius 2 is 1.41 bits per heavy atom. The Bertz CT molecular complexity index is 1890. The molecule has 0 fully saturated rings. The highest BCUT2D eigenvalue weighted by Gasteiger charge is 2.29. The van der Waals surface area contributed by atoms with Crippen LogP contribution in [0.5, 0.6) is 17.4 Å². The van der Waals surface area contributed by atoms with Crippen molar-refractivity contribution in [1.29, 1.82) is 0 Å². The third-order valence-corrected chi connectivity index (χ3v) is 8.23. The molecule has 7 nitrogen and oxygen atoms in total. The number of aliphatic hydroxyl groups is 1. The van der Waals surface area contributed by atoms with Gasteiger partial charge in [0, 0.05) is 24.6 Å². The fraction of sp³-hybridized carbons (Fsp3) is 0.189. The summed E-state index contributed by atoms with van der Waals surface area (Å²) in [5.74, 6) is 1.79. The van der Waals surface area contributed by atoms with E-state index < -0.39 is 0 Å². The average molecular weight is 586 g/mol. The van der Waals surface area contributed by atoms with Crippen molar-refractivity contribution >= 4 is 5.65 Å². The second kappa shape index (κ2) is 12.1. The Hall–Kier alpha value is -5.30. The summed E-state index contributed by atoms with van der Waals surface area (Å²) in [5, 5.41) is 39.9. The minimum atomic E-state index is 0.0600. The lowest BCUT2D eigenvalue weighted by molar-refractivity contribution is 0.362. The molecule has 2 aliphatic rings. The molecule has 0 amide bonds. The van der Waals surface area contributed by atoms with Gasteiger partial charge >= 0.3 is 0 Å². The Balaban J connectivity index is 0.000000238. The summed E-state index contributed by atoms with van der Waals surface area (Å²) in [6.45, 7) is 4.19. The van der Waals surface area contributed by atoms with Gasteiger partial charge in [0.25, 0.3) is 0 Å². The SMILES string of the molecule is CC1=C(O)[C@H]2C=CCC(C)C2=C1.Oc1ccc(Cc2nc3c(Cc4ccccc4)nc(-c4ccc(O)cc4)cn3c2O)cc1. The Morgan fingerprint density at radius 3 is 2.09 bits per heavy atom. The smallest absolute Gasteiger partial charge is 0.219 e. The van der Waals surface area contributed by atoms with Gasteiger partial charge in [0.05, 0.1) is 17.3 Å². The van der Waals surface area contributed by atoms with Gasteiger partial charge in [-0.2, -0.15) is 0 Å². The Kier molecular flexibility index (Phi) is 7.94. The molecule has 222 valence electrons. The number of imidazole rings is 1. The van der Waals surface area contributed by atoms with E-state index >= 15 is 0 Å². The van der Waals surface area contributed by atoms with E-state index in [-0.39, 0.29) is 23.3 Å². The first-order valence-corrected chi connectivity index (χ1v) is 14.8. The van der Waals surface area contributed by atoms with Crippen molar-refractivity contribution in [2.24, 2.45) is 11.8 Å². The summed E-state index contributed by atoms with van der Waals surface area (Å²) >= 11 is 0. The first-order chi connectivity index (χ1) is 21.3. The highest BCUT2D eigenvalue weighted by molar-refractivity contribution is 5.64. The molecular weight excluding hydrogens is 550 g/mol. The van der Waals surface area contributed by atoms with Crippen LogP contribution in [0.15, 0.2) is 120 Å². The van der Waals surface area contributed by atoms with E-state index in [1.54, 1.807) is 47.0 Å². The number of aromatic nitrogens is 3. The largest absolute Gasteiger partial charge is 0.511 e. The first kappa shape index (κ1) is 28.8. The standard InChI is InChI=1S/C26H21N3O3.C11H14O/c30-20-10-6-18(7-11-20)15-23-26(32)29-16-24(19-8-12-21(31)13-9-19)27-22(25(29)28-23)14-17-4-2-1-3-5-17;1-7-4-3-5-9-10(7)6-8(2)11(9)12/h1-13,16,30-32H,14-15H2;3,5-7,9,12H,4H2,1-2H3/t;7?,9-/m.0/s1. The van der Waals surface area contributed by atoms with Crippen molar-refractivity contribution in [2.45, 2.75) is 33.1 Å². The minimum Gasteiger partial charge on any atom is -0.511 e. The maximum atomic E-state index is 11.0. The summed E-state index contributed by atoms with van der Waals surface area (Å²) in [6.07, 6.45) is 10.3. The third-order valence-electron chi connectivity index (χ3n) is 8.23. The van der Waals surface area contributed by atoms with Gasteiger partial charge in [-0.05, 0) is 72.4 Å². The van der Waals surface area contributed by atoms with Gasteiger partial charge in [0.2, 0.25) is 5.88 Å². The van der Waals surface area contributed by atoms with Crippen LogP contribution >= 0.6 is 0 Å². The van der Waals surface area contributed by atoms with E-state index in [2.05, 4.69) is 25.2 Å². The average Bonchev–Trinajstić information content (AvgIpc) is 3.51. The van der Waals surface area contributed by atoms with Crippen LogP contribution in [0.2, 0.25) is 0 Å². The predicted octanol–water partition coefficient (Wildman–Crippen LogP) is 7.67. The monoisotopic (exact) mass is 585 g/mol. The van der Waals surface area contributed by atoms with E-state index in [4.69, 9.17) is 9.97 Å². The molecule has 2 aliphatic carbocycles. The van der Waals surface area contributed by atoms with E-state index in [0.29, 0.717) is 41.6 Å². The molecular formula is C37H35N3O4. The second-order valence-corrected chi connectivity index (χ2v) is 11.5. The van der Waals surface area contributed by atoms with Crippen molar-refractivity contribution in [2.75, 3.05) is 0 Å². The number of hydrogen-bond donors (Lipinski definition) is 4. The number of allylic oxidation sites excluding steroid dienone is 4. The number of phenols is 2. The number of phenolic OH excluding ortho intramolecular Hbond substituents is 2. The highest BCUT2D eigenvalue weighted by Crippen LogP contribution is 2.39. The Labute approximate surface area is 256 Å². The van der Waals surface area contributed by atoms with Gasteiger partial charge in [0.1, 0.15) is 23.0 Å². The van der Waals surface area contributed by atoms with Crippen LogP contribution in [0.1, 0.15) is 42.8 Å². The van der Waals surface area contributed by atoms with Gasteiger partial charge in [-0.25, -0.2) is 9.97 Å². The third kappa shape index (κ3) is 5.95. The fourth-order valence-corrected chi connectivity index (χ4v) is 5.77. The van der Waals surface area contributed by atoms with E-state index in [1.165, 1.54) is 5.57 Å². The number of fused-ring (bicyclic) bond motifs is 2. The molecule has 0 bridgehead atoms. The molecule has 3 aromatic carbocycles. The molecule has 0 saturated carbocycles. The number of aromatic hydroxyl groups is 3. The van der Waals surface area contributed by atoms with Crippen molar-refractivity contribution in [3.8, 4) is 28.6 Å². The van der Waals surface area contributed by atoms with Crippen LogP contribution in [-0.2, 0) is 12.8 Å². The summed E-state index contributed by atoms with van der Waals surface area (Å²) < 4.78 is 1.67. The van der Waals surface area contributed by atoms with Gasteiger partial charge in [-0.3, -0.25) is 4.40 Å². The molecule has 2 atom stereocenters. The van der Waals surface area contributed by atoms with Crippen molar-refractivity contribution in [3.63, 3.8) is 0 Å². The molecule has 0 saturated heterocycles. The zero-order valence-corrected chi connectivity index (χ0v) is 24.7. The summed E-state index contributed by atoms with van der Waals surface area (Å²) in [5.41, 5.74) is 7.82. The van der Waals surface area contributed by atoms with Crippen LogP contribution < -0.4 is 0 Å². The zero-order chi connectivity index (χ0) is 30.8. The lowest BCUT2D eigenvalue weighted by atomic mass is 9.84. The normalized spacial score (nSPS) is 17.3. The van der Waals surface area contributed by atoms with Gasteiger partial charge < -0.3 is 20.4 Å². The van der Waals surface area contributed by atoms with Crippen molar-refractivity contribution in [1.82, 2.24) is 14.4 Å². The highest BCUT2D eigenvalue weighted by atomic mass is 16.3. The molecule has 7 heteroatoms. The lowest BCUT2D eigenvalue weighted by Crippen LogP contribution is -2.11. The number of hydrogen-bond acceptors (Lipinski definition) is 6. The van der Waals surface area contributed by atoms with Gasteiger partial charge in [0.15, 0.2) is 5.65 Å². The summed E-state index contributed by atoms with van der Waals surface area (Å²) in [7, 11) is 0. The van der Waals surface area contributed by atoms with Gasteiger partial charge in [-0.15, -0.1) is 0 Å². The number of benzene rings is 3.